The normalized spacial score (nSPS) is 18.4. The maximum Gasteiger partial charge on any atom is 0.456 e. The molecule has 1 fully saturated rings. The van der Waals surface area contributed by atoms with Gasteiger partial charge in [-0.15, -0.1) is 0 Å². The molecule has 0 aromatic heterocycles. The number of likely N-dealkylation sites (tertiary alicyclic amines) is 1. The average Bonchev–Trinajstić information content (AvgIpc) is 2.69. The molecule has 0 spiro atoms. The number of rotatable bonds is 8. The van der Waals surface area contributed by atoms with E-state index in [9.17, 15) is 83.4 Å². The van der Waals surface area contributed by atoms with E-state index in [2.05, 4.69) is 0 Å². The standard InChI is InChI=1S/C15H10F19NO/c16-6(7(17)18)8(19,20)36-9(10(21,22)13(27,28)29,11(23,24)14(30,31)32)12(25,26)15(33,34)35-4-2-1-3-5-35/h1-5H2. The highest BCUT2D eigenvalue weighted by Gasteiger charge is 2.98. The third kappa shape index (κ3) is 4.68. The summed E-state index contributed by atoms with van der Waals surface area (Å²) in [6.45, 7) is -2.98. The Bertz CT molecular complexity index is 790. The van der Waals surface area contributed by atoms with Crippen LogP contribution in [0.1, 0.15) is 19.3 Å². The number of halogens is 19. The molecule has 0 bridgehead atoms. The lowest BCUT2D eigenvalue weighted by molar-refractivity contribution is -0.520. The van der Waals surface area contributed by atoms with E-state index in [1.54, 1.807) is 4.74 Å². The van der Waals surface area contributed by atoms with E-state index in [0.29, 0.717) is 0 Å². The van der Waals surface area contributed by atoms with E-state index in [-0.39, 0.29) is 6.42 Å². The van der Waals surface area contributed by atoms with Crippen molar-refractivity contribution in [1.29, 1.82) is 0 Å². The molecule has 0 aliphatic carbocycles. The molecule has 1 heterocycles. The summed E-state index contributed by atoms with van der Waals surface area (Å²) in [4.78, 5) is -1.19. The lowest BCUT2D eigenvalue weighted by Crippen LogP contribution is -2.83. The van der Waals surface area contributed by atoms with Crippen LogP contribution in [0.3, 0.4) is 0 Å². The van der Waals surface area contributed by atoms with Crippen LogP contribution in [-0.2, 0) is 4.74 Å². The van der Waals surface area contributed by atoms with Crippen LogP contribution in [0.15, 0.2) is 11.9 Å². The van der Waals surface area contributed by atoms with Crippen molar-refractivity contribution in [2.75, 3.05) is 13.1 Å². The minimum atomic E-state index is -8.80. The van der Waals surface area contributed by atoms with Gasteiger partial charge in [-0.3, -0.25) is 4.74 Å². The Balaban J connectivity index is 4.33. The van der Waals surface area contributed by atoms with Gasteiger partial charge in [-0.05, 0) is 12.8 Å². The number of hydrogen-bond donors (Lipinski definition) is 0. The van der Waals surface area contributed by atoms with Gasteiger partial charge in [0.1, 0.15) is 0 Å². The first-order valence-corrected chi connectivity index (χ1v) is 8.85. The van der Waals surface area contributed by atoms with Crippen LogP contribution < -0.4 is 0 Å². The Morgan fingerprint density at radius 3 is 1.19 bits per heavy atom. The summed E-state index contributed by atoms with van der Waals surface area (Å²) in [6, 6.07) is -7.00. The predicted molar refractivity (Wildman–Crippen MR) is 76.4 cm³/mol. The quantitative estimate of drug-likeness (QED) is 0.217. The molecule has 1 aliphatic heterocycles. The molecule has 0 N–H and O–H groups in total. The van der Waals surface area contributed by atoms with Crippen molar-refractivity contribution in [2.24, 2.45) is 0 Å². The molecular formula is C15H10F19NO. The van der Waals surface area contributed by atoms with Gasteiger partial charge in [-0.25, -0.2) is 4.90 Å². The smallest absolute Gasteiger partial charge is 0.288 e. The Labute approximate surface area is 186 Å². The third-order valence-electron chi connectivity index (χ3n) is 4.87. The number of piperidine rings is 1. The van der Waals surface area contributed by atoms with Crippen molar-refractivity contribution in [3.63, 3.8) is 0 Å². The second-order valence-corrected chi connectivity index (χ2v) is 7.18. The molecule has 0 unspecified atom stereocenters. The summed E-state index contributed by atoms with van der Waals surface area (Å²) >= 11 is 0. The highest BCUT2D eigenvalue weighted by atomic mass is 19.4. The molecule has 1 saturated heterocycles. The number of alkyl halides is 16. The maximum absolute atomic E-state index is 14.8. The molecule has 21 heteroatoms. The van der Waals surface area contributed by atoms with E-state index in [1.165, 1.54) is 0 Å². The molecule has 0 aromatic carbocycles. The van der Waals surface area contributed by atoms with Gasteiger partial charge in [-0.2, -0.15) is 83.4 Å². The van der Waals surface area contributed by atoms with Gasteiger partial charge in [0.05, 0.1) is 0 Å². The summed E-state index contributed by atoms with van der Waals surface area (Å²) in [7, 11) is 0. The van der Waals surface area contributed by atoms with Crippen LogP contribution in [0, 0.1) is 0 Å². The van der Waals surface area contributed by atoms with Gasteiger partial charge in [0.25, 0.3) is 11.4 Å². The average molecular weight is 581 g/mol. The highest BCUT2D eigenvalue weighted by molar-refractivity contribution is 5.22. The molecule has 0 amide bonds. The first-order valence-electron chi connectivity index (χ1n) is 8.85. The molecule has 0 aromatic rings. The van der Waals surface area contributed by atoms with E-state index >= 15 is 0 Å². The van der Waals surface area contributed by atoms with Crippen molar-refractivity contribution >= 4 is 0 Å². The second kappa shape index (κ2) is 9.26. The van der Waals surface area contributed by atoms with Crippen LogP contribution >= 0.6 is 0 Å². The lowest BCUT2D eigenvalue weighted by Gasteiger charge is -2.52. The van der Waals surface area contributed by atoms with Crippen molar-refractivity contribution in [1.82, 2.24) is 4.90 Å². The van der Waals surface area contributed by atoms with E-state index in [4.69, 9.17) is 0 Å². The van der Waals surface area contributed by atoms with E-state index in [1.807, 2.05) is 0 Å². The molecule has 1 rings (SSSR count). The fraction of sp³-hybridized carbons (Fsp3) is 0.867. The number of ether oxygens (including phenoxy) is 1. The van der Waals surface area contributed by atoms with Crippen LogP contribution in [-0.4, -0.2) is 65.9 Å². The van der Waals surface area contributed by atoms with Crippen LogP contribution in [0.4, 0.5) is 83.4 Å². The summed E-state index contributed by atoms with van der Waals surface area (Å²) in [5.74, 6) is -30.7. The fourth-order valence-electron chi connectivity index (χ4n) is 3.12. The SMILES string of the molecule is FC(F)=C(F)C(F)(F)OC(C(F)(F)C(F)(F)F)(C(F)(F)C(F)(F)F)C(F)(F)C(F)(F)N1CCCCC1. The van der Waals surface area contributed by atoms with Crippen molar-refractivity contribution in [2.45, 2.75) is 67.1 Å². The third-order valence-corrected chi connectivity index (χ3v) is 4.87. The van der Waals surface area contributed by atoms with Gasteiger partial charge < -0.3 is 0 Å². The Hall–Kier alpha value is -1.67. The highest BCUT2D eigenvalue weighted by Crippen LogP contribution is 2.66. The molecule has 2 nitrogen and oxygen atoms in total. The minimum absolute atomic E-state index is 0.138. The molecule has 1 aliphatic rings. The zero-order valence-electron chi connectivity index (χ0n) is 16.6. The number of nitrogens with zero attached hydrogens (tertiary/aromatic N) is 1. The first kappa shape index (κ1) is 32.4. The Morgan fingerprint density at radius 2 is 0.889 bits per heavy atom. The van der Waals surface area contributed by atoms with Crippen molar-refractivity contribution < 1.29 is 88.2 Å². The zero-order valence-corrected chi connectivity index (χ0v) is 16.6. The van der Waals surface area contributed by atoms with Crippen LogP contribution in [0.25, 0.3) is 0 Å². The van der Waals surface area contributed by atoms with Gasteiger partial charge in [0.15, 0.2) is 0 Å². The Kier molecular flexibility index (Phi) is 8.33. The number of hydrogen-bond acceptors (Lipinski definition) is 2. The van der Waals surface area contributed by atoms with Gasteiger partial charge >= 0.3 is 48.4 Å². The first-order chi connectivity index (χ1) is 15.7. The fourth-order valence-corrected chi connectivity index (χ4v) is 3.12. The molecule has 0 radical (unpaired) electrons. The zero-order chi connectivity index (χ0) is 29.0. The van der Waals surface area contributed by atoms with Crippen LogP contribution in [0.2, 0.25) is 0 Å². The molecule has 214 valence electrons. The molecular weight excluding hydrogens is 571 g/mol. The van der Waals surface area contributed by atoms with Gasteiger partial charge in [0.2, 0.25) is 0 Å². The topological polar surface area (TPSA) is 12.5 Å². The summed E-state index contributed by atoms with van der Waals surface area (Å²) < 4.78 is 259. The predicted octanol–water partition coefficient (Wildman–Crippen LogP) is 7.52. The minimum Gasteiger partial charge on any atom is -0.288 e. The van der Waals surface area contributed by atoms with E-state index < -0.39 is 90.6 Å². The largest absolute Gasteiger partial charge is 0.456 e. The van der Waals surface area contributed by atoms with Crippen LogP contribution in [0.5, 0.6) is 0 Å². The second-order valence-electron chi connectivity index (χ2n) is 7.18. The lowest BCUT2D eigenvalue weighted by atomic mass is 9.78. The molecule has 0 atom stereocenters. The van der Waals surface area contributed by atoms with Crippen molar-refractivity contribution in [3.05, 3.63) is 11.9 Å². The van der Waals surface area contributed by atoms with Gasteiger partial charge in [0, 0.05) is 13.1 Å². The monoisotopic (exact) mass is 581 g/mol. The van der Waals surface area contributed by atoms with Crippen molar-refractivity contribution in [3.8, 4) is 0 Å². The summed E-state index contributed by atoms with van der Waals surface area (Å²) in [5.41, 5.74) is -8.80. The maximum atomic E-state index is 14.8. The molecule has 0 saturated carbocycles. The van der Waals surface area contributed by atoms with E-state index in [0.717, 1.165) is 0 Å². The Morgan fingerprint density at radius 1 is 0.528 bits per heavy atom. The summed E-state index contributed by atoms with van der Waals surface area (Å²) in [6.07, 6.45) is -30.1. The summed E-state index contributed by atoms with van der Waals surface area (Å²) in [5, 5.41) is 0. The van der Waals surface area contributed by atoms with Gasteiger partial charge in [-0.1, -0.05) is 6.42 Å². The molecule has 36 heavy (non-hydrogen) atoms.